The van der Waals surface area contributed by atoms with Gasteiger partial charge in [-0.15, -0.1) is 0 Å². The number of benzene rings is 1. The molecule has 0 amide bonds. The number of aliphatic hydroxyl groups excluding tert-OH is 1. The molecule has 0 bridgehead atoms. The Labute approximate surface area is 120 Å². The van der Waals surface area contributed by atoms with E-state index >= 15 is 0 Å². The fourth-order valence-electron chi connectivity index (χ4n) is 1.49. The van der Waals surface area contributed by atoms with Crippen LogP contribution in [0.15, 0.2) is 30.3 Å². The third-order valence-corrected chi connectivity index (χ3v) is 2.52. The number of aliphatic hydroxyl groups is 1. The lowest BCUT2D eigenvalue weighted by Crippen LogP contribution is -2.18. The fourth-order valence-corrected chi connectivity index (χ4v) is 1.49. The molecule has 0 aliphatic heterocycles. The van der Waals surface area contributed by atoms with Crippen LogP contribution in [0.3, 0.4) is 0 Å². The second-order valence-electron chi connectivity index (χ2n) is 4.38. The minimum Gasteiger partial charge on any atom is -0.481 e. The summed E-state index contributed by atoms with van der Waals surface area (Å²) in [7, 11) is 0. The number of rotatable bonds is 9. The van der Waals surface area contributed by atoms with Gasteiger partial charge in [0.1, 0.15) is 0 Å². The molecule has 0 atom stereocenters. The highest BCUT2D eigenvalue weighted by atomic mass is 16.4. The van der Waals surface area contributed by atoms with Gasteiger partial charge in [0.15, 0.2) is 0 Å². The van der Waals surface area contributed by atoms with Gasteiger partial charge in [0, 0.05) is 6.61 Å². The van der Waals surface area contributed by atoms with E-state index in [1.807, 2.05) is 18.2 Å². The van der Waals surface area contributed by atoms with Gasteiger partial charge in [0.25, 0.3) is 0 Å². The summed E-state index contributed by atoms with van der Waals surface area (Å²) in [5, 5.41) is 20.0. The van der Waals surface area contributed by atoms with Crippen molar-refractivity contribution >= 4 is 5.97 Å². The third-order valence-electron chi connectivity index (χ3n) is 2.52. The highest BCUT2D eigenvalue weighted by molar-refractivity contribution is 5.70. The van der Waals surface area contributed by atoms with E-state index in [-0.39, 0.29) is 13.0 Å². The Morgan fingerprint density at radius 2 is 1.75 bits per heavy atom. The fraction of sp³-hybridized carbons (Fsp3) is 0.533. The van der Waals surface area contributed by atoms with E-state index in [1.54, 1.807) is 12.1 Å². The predicted molar refractivity (Wildman–Crippen MR) is 80.6 cm³/mol. The van der Waals surface area contributed by atoms with Gasteiger partial charge in [-0.3, -0.25) is 4.79 Å². The molecule has 5 N–H and O–H groups in total. The van der Waals surface area contributed by atoms with E-state index in [0.717, 1.165) is 44.5 Å². The maximum absolute atomic E-state index is 10.2. The normalized spacial score (nSPS) is 9.70. The quantitative estimate of drug-likeness (QED) is 0.507. The van der Waals surface area contributed by atoms with Crippen LogP contribution in [0.25, 0.3) is 0 Å². The van der Waals surface area contributed by atoms with E-state index < -0.39 is 5.97 Å². The minimum atomic E-state index is -0.786. The average molecular weight is 282 g/mol. The zero-order valence-electron chi connectivity index (χ0n) is 11.9. The molecule has 1 aromatic carbocycles. The first kappa shape index (κ1) is 18.6. The van der Waals surface area contributed by atoms with Crippen LogP contribution in [-0.4, -0.2) is 42.4 Å². The average Bonchev–Trinajstić information content (AvgIpc) is 2.44. The van der Waals surface area contributed by atoms with Gasteiger partial charge >= 0.3 is 5.97 Å². The summed E-state index contributed by atoms with van der Waals surface area (Å²) in [5.41, 5.74) is 6.14. The van der Waals surface area contributed by atoms with Crippen molar-refractivity contribution in [3.63, 3.8) is 0 Å². The van der Waals surface area contributed by atoms with Crippen molar-refractivity contribution in [3.8, 4) is 0 Å². The number of hydrogen-bond donors (Lipinski definition) is 4. The number of carboxylic acid groups (broad SMARTS) is 1. The van der Waals surface area contributed by atoms with Crippen LogP contribution in [0.5, 0.6) is 0 Å². The number of carbonyl (C=O) groups is 1. The summed E-state index contributed by atoms with van der Waals surface area (Å²) in [6.07, 6.45) is 3.19. The number of nitrogens with one attached hydrogen (secondary N) is 1. The van der Waals surface area contributed by atoms with Crippen LogP contribution in [0.1, 0.15) is 24.8 Å². The molecule has 5 nitrogen and oxygen atoms in total. The molecule has 0 aliphatic carbocycles. The lowest BCUT2D eigenvalue weighted by atomic mass is 10.2. The van der Waals surface area contributed by atoms with Gasteiger partial charge in [0.05, 0.1) is 6.42 Å². The van der Waals surface area contributed by atoms with Crippen LogP contribution in [0.4, 0.5) is 0 Å². The van der Waals surface area contributed by atoms with Crippen LogP contribution in [0, 0.1) is 0 Å². The topological polar surface area (TPSA) is 95.6 Å². The molecule has 0 aromatic heterocycles. The lowest BCUT2D eigenvalue weighted by Gasteiger charge is -2.00. The molecule has 0 fully saturated rings. The van der Waals surface area contributed by atoms with Gasteiger partial charge < -0.3 is 21.3 Å². The van der Waals surface area contributed by atoms with Crippen molar-refractivity contribution in [2.45, 2.75) is 25.7 Å². The minimum absolute atomic E-state index is 0.112. The maximum Gasteiger partial charge on any atom is 0.307 e. The standard InChI is InChI=1S/C8H8O2.C7H18N2O/c9-8(10)6-7-4-2-1-3-5-7;8-4-1-2-5-9-6-3-7-10/h1-5H,6H2,(H,9,10);9-10H,1-8H2. The van der Waals surface area contributed by atoms with Crippen molar-refractivity contribution in [1.29, 1.82) is 0 Å². The van der Waals surface area contributed by atoms with Crippen molar-refractivity contribution in [3.05, 3.63) is 35.9 Å². The molecule has 0 radical (unpaired) electrons. The molecular weight excluding hydrogens is 256 g/mol. The van der Waals surface area contributed by atoms with Crippen LogP contribution in [0.2, 0.25) is 0 Å². The van der Waals surface area contributed by atoms with Crippen molar-refractivity contribution in [1.82, 2.24) is 5.32 Å². The number of hydrogen-bond acceptors (Lipinski definition) is 4. The summed E-state index contributed by atoms with van der Waals surface area (Å²) in [4.78, 5) is 10.2. The Morgan fingerprint density at radius 1 is 1.10 bits per heavy atom. The highest BCUT2D eigenvalue weighted by Gasteiger charge is 1.96. The van der Waals surface area contributed by atoms with Gasteiger partial charge in [-0.25, -0.2) is 0 Å². The van der Waals surface area contributed by atoms with E-state index in [4.69, 9.17) is 15.9 Å². The SMILES string of the molecule is NCCCCNCCCO.O=C(O)Cc1ccccc1. The maximum atomic E-state index is 10.2. The second-order valence-corrected chi connectivity index (χ2v) is 4.38. The molecule has 0 saturated heterocycles. The lowest BCUT2D eigenvalue weighted by molar-refractivity contribution is -0.136. The van der Waals surface area contributed by atoms with Crippen LogP contribution in [-0.2, 0) is 11.2 Å². The summed E-state index contributed by atoms with van der Waals surface area (Å²) in [5.74, 6) is -0.786. The van der Waals surface area contributed by atoms with Gasteiger partial charge in [0.2, 0.25) is 0 Å². The monoisotopic (exact) mass is 282 g/mol. The van der Waals surface area contributed by atoms with Gasteiger partial charge in [-0.2, -0.15) is 0 Å². The molecule has 114 valence electrons. The molecule has 5 heteroatoms. The Morgan fingerprint density at radius 3 is 2.30 bits per heavy atom. The summed E-state index contributed by atoms with van der Waals surface area (Å²) in [6.45, 7) is 3.00. The largest absolute Gasteiger partial charge is 0.481 e. The number of unbranched alkanes of at least 4 members (excludes halogenated alkanes) is 1. The zero-order valence-corrected chi connectivity index (χ0v) is 11.9. The zero-order chi connectivity index (χ0) is 15.1. The van der Waals surface area contributed by atoms with E-state index in [0.29, 0.717) is 0 Å². The Bertz CT molecular complexity index is 323. The van der Waals surface area contributed by atoms with Crippen LogP contribution < -0.4 is 11.1 Å². The number of nitrogens with two attached hydrogens (primary N) is 1. The Hall–Kier alpha value is -1.43. The Balaban J connectivity index is 0.000000361. The van der Waals surface area contributed by atoms with Crippen molar-refractivity contribution in [2.24, 2.45) is 5.73 Å². The molecule has 0 unspecified atom stereocenters. The molecule has 0 spiro atoms. The smallest absolute Gasteiger partial charge is 0.307 e. The van der Waals surface area contributed by atoms with Gasteiger partial charge in [-0.05, 0) is 44.5 Å². The summed E-state index contributed by atoms with van der Waals surface area (Å²) in [6, 6.07) is 9.13. The van der Waals surface area contributed by atoms with Crippen molar-refractivity contribution < 1.29 is 15.0 Å². The Kier molecular flexibility index (Phi) is 13.0. The molecular formula is C15H26N2O3. The predicted octanol–water partition coefficient (Wildman–Crippen LogP) is 1.01. The highest BCUT2D eigenvalue weighted by Crippen LogP contribution is 1.98. The molecule has 0 heterocycles. The third kappa shape index (κ3) is 13.0. The first-order chi connectivity index (χ1) is 9.70. The van der Waals surface area contributed by atoms with Crippen molar-refractivity contribution in [2.75, 3.05) is 26.2 Å². The molecule has 1 rings (SSSR count). The first-order valence-electron chi connectivity index (χ1n) is 6.98. The summed E-state index contributed by atoms with van der Waals surface area (Å²) >= 11 is 0. The van der Waals surface area contributed by atoms with E-state index in [2.05, 4.69) is 5.32 Å². The molecule has 0 aliphatic rings. The molecule has 1 aromatic rings. The molecule has 20 heavy (non-hydrogen) atoms. The van der Waals surface area contributed by atoms with Gasteiger partial charge in [-0.1, -0.05) is 30.3 Å². The van der Waals surface area contributed by atoms with E-state index in [1.165, 1.54) is 0 Å². The van der Waals surface area contributed by atoms with E-state index in [9.17, 15) is 4.79 Å². The second kappa shape index (κ2) is 14.0. The first-order valence-corrected chi connectivity index (χ1v) is 6.98. The molecule has 0 saturated carbocycles. The van der Waals surface area contributed by atoms with Crippen LogP contribution >= 0.6 is 0 Å². The summed E-state index contributed by atoms with van der Waals surface area (Å²) < 4.78 is 0. The number of aliphatic carboxylic acids is 1. The number of carboxylic acids is 1.